The van der Waals surface area contributed by atoms with Crippen LogP contribution in [0.1, 0.15) is 16.7 Å². The predicted molar refractivity (Wildman–Crippen MR) is 56.4 cm³/mol. The largest absolute Gasteiger partial charge is 0.392 e. The summed E-state index contributed by atoms with van der Waals surface area (Å²) in [5, 5.41) is 9.07. The Morgan fingerprint density at radius 3 is 2.62 bits per heavy atom. The average Bonchev–Trinajstić information content (AvgIpc) is 2.18. The molecule has 1 aromatic carbocycles. The van der Waals surface area contributed by atoms with Crippen LogP contribution in [0.25, 0.3) is 6.08 Å². The first-order valence-electron chi connectivity index (χ1n) is 4.27. The van der Waals surface area contributed by atoms with Crippen molar-refractivity contribution >= 4 is 6.08 Å². The van der Waals surface area contributed by atoms with Crippen LogP contribution in [0.15, 0.2) is 37.4 Å². The zero-order chi connectivity index (χ0) is 9.68. The van der Waals surface area contributed by atoms with E-state index in [2.05, 4.69) is 13.2 Å². The van der Waals surface area contributed by atoms with E-state index in [4.69, 9.17) is 5.11 Å². The standard InChI is InChI=1S/C12H14O/c1-3-5-10-6-7-11(4-2)12(8-10)9-13/h3-4,6-8,13H,1-2,5,9H2. The fraction of sp³-hybridized carbons (Fsp3) is 0.167. The van der Waals surface area contributed by atoms with E-state index in [1.54, 1.807) is 6.08 Å². The minimum atomic E-state index is 0.0618. The molecule has 0 atom stereocenters. The molecule has 0 unspecified atom stereocenters. The van der Waals surface area contributed by atoms with Crippen molar-refractivity contribution in [3.8, 4) is 0 Å². The highest BCUT2D eigenvalue weighted by atomic mass is 16.3. The average molecular weight is 174 g/mol. The van der Waals surface area contributed by atoms with Crippen LogP contribution >= 0.6 is 0 Å². The molecule has 0 aliphatic rings. The smallest absolute Gasteiger partial charge is 0.0687 e. The third-order valence-corrected chi connectivity index (χ3v) is 1.98. The van der Waals surface area contributed by atoms with E-state index in [1.807, 2.05) is 24.3 Å². The van der Waals surface area contributed by atoms with Crippen molar-refractivity contribution < 1.29 is 5.11 Å². The second-order valence-electron chi connectivity index (χ2n) is 2.89. The molecule has 0 fully saturated rings. The Bertz CT molecular complexity index is 313. The number of aliphatic hydroxyl groups excluding tert-OH is 1. The zero-order valence-corrected chi connectivity index (χ0v) is 7.66. The van der Waals surface area contributed by atoms with Gasteiger partial charge in [-0.1, -0.05) is 36.9 Å². The fourth-order valence-corrected chi connectivity index (χ4v) is 1.29. The summed E-state index contributed by atoms with van der Waals surface area (Å²) in [4.78, 5) is 0. The van der Waals surface area contributed by atoms with Crippen LogP contribution in [0.5, 0.6) is 0 Å². The highest BCUT2D eigenvalue weighted by molar-refractivity contribution is 5.52. The summed E-state index contributed by atoms with van der Waals surface area (Å²) in [7, 11) is 0. The maximum absolute atomic E-state index is 9.07. The van der Waals surface area contributed by atoms with E-state index < -0.39 is 0 Å². The molecular formula is C12H14O. The number of hydrogen-bond donors (Lipinski definition) is 1. The molecule has 0 heterocycles. The summed E-state index contributed by atoms with van der Waals surface area (Å²) < 4.78 is 0. The van der Waals surface area contributed by atoms with Crippen LogP contribution in [0, 0.1) is 0 Å². The molecule has 0 saturated heterocycles. The summed E-state index contributed by atoms with van der Waals surface area (Å²) in [5.74, 6) is 0. The molecule has 0 spiro atoms. The quantitative estimate of drug-likeness (QED) is 0.695. The van der Waals surface area contributed by atoms with Gasteiger partial charge in [-0.05, 0) is 23.1 Å². The number of aliphatic hydroxyl groups is 1. The minimum absolute atomic E-state index is 0.0618. The second-order valence-corrected chi connectivity index (χ2v) is 2.89. The molecule has 0 saturated carbocycles. The highest BCUT2D eigenvalue weighted by Crippen LogP contribution is 2.14. The maximum Gasteiger partial charge on any atom is 0.0687 e. The van der Waals surface area contributed by atoms with Crippen LogP contribution in [0.3, 0.4) is 0 Å². The normalized spacial score (nSPS) is 9.62. The van der Waals surface area contributed by atoms with Gasteiger partial charge in [0.15, 0.2) is 0 Å². The molecule has 1 aromatic rings. The molecular weight excluding hydrogens is 160 g/mol. The lowest BCUT2D eigenvalue weighted by atomic mass is 10.0. The first kappa shape index (κ1) is 9.75. The first-order valence-corrected chi connectivity index (χ1v) is 4.27. The number of hydrogen-bond acceptors (Lipinski definition) is 1. The van der Waals surface area contributed by atoms with Gasteiger partial charge in [-0.15, -0.1) is 6.58 Å². The van der Waals surface area contributed by atoms with Crippen molar-refractivity contribution in [3.63, 3.8) is 0 Å². The molecule has 0 amide bonds. The van der Waals surface area contributed by atoms with Gasteiger partial charge in [0.1, 0.15) is 0 Å². The summed E-state index contributed by atoms with van der Waals surface area (Å²) in [6.45, 7) is 7.42. The van der Waals surface area contributed by atoms with E-state index in [0.29, 0.717) is 0 Å². The van der Waals surface area contributed by atoms with Gasteiger partial charge >= 0.3 is 0 Å². The highest BCUT2D eigenvalue weighted by Gasteiger charge is 1.98. The lowest BCUT2D eigenvalue weighted by Crippen LogP contribution is -1.91. The third-order valence-electron chi connectivity index (χ3n) is 1.98. The summed E-state index contributed by atoms with van der Waals surface area (Å²) in [6.07, 6.45) is 4.44. The Labute approximate surface area is 79.0 Å². The predicted octanol–water partition coefficient (Wildman–Crippen LogP) is 2.55. The van der Waals surface area contributed by atoms with E-state index in [0.717, 1.165) is 17.5 Å². The summed E-state index contributed by atoms with van der Waals surface area (Å²) in [5.41, 5.74) is 3.09. The maximum atomic E-state index is 9.07. The molecule has 1 rings (SSSR count). The second kappa shape index (κ2) is 4.63. The Morgan fingerprint density at radius 1 is 1.31 bits per heavy atom. The zero-order valence-electron chi connectivity index (χ0n) is 7.66. The molecule has 0 aromatic heterocycles. The summed E-state index contributed by atoms with van der Waals surface area (Å²) in [6, 6.07) is 5.98. The van der Waals surface area contributed by atoms with Crippen molar-refractivity contribution in [2.75, 3.05) is 0 Å². The Kier molecular flexibility index (Phi) is 3.47. The molecule has 0 aliphatic carbocycles. The van der Waals surface area contributed by atoms with Gasteiger partial charge in [-0.25, -0.2) is 0 Å². The summed E-state index contributed by atoms with van der Waals surface area (Å²) >= 11 is 0. The fourth-order valence-electron chi connectivity index (χ4n) is 1.29. The SMILES string of the molecule is C=CCc1ccc(C=C)c(CO)c1. The molecule has 0 bridgehead atoms. The number of benzene rings is 1. The van der Waals surface area contributed by atoms with Crippen molar-refractivity contribution in [2.45, 2.75) is 13.0 Å². The topological polar surface area (TPSA) is 20.2 Å². The third kappa shape index (κ3) is 2.30. The lowest BCUT2D eigenvalue weighted by Gasteiger charge is -2.04. The van der Waals surface area contributed by atoms with Crippen molar-refractivity contribution in [1.82, 2.24) is 0 Å². The van der Waals surface area contributed by atoms with E-state index in [-0.39, 0.29) is 6.61 Å². The molecule has 1 nitrogen and oxygen atoms in total. The first-order chi connectivity index (χ1) is 6.31. The van der Waals surface area contributed by atoms with Crippen LogP contribution in [-0.4, -0.2) is 5.11 Å². The van der Waals surface area contributed by atoms with E-state index >= 15 is 0 Å². The van der Waals surface area contributed by atoms with Crippen LogP contribution in [0.4, 0.5) is 0 Å². The van der Waals surface area contributed by atoms with E-state index in [1.165, 1.54) is 5.56 Å². The monoisotopic (exact) mass is 174 g/mol. The van der Waals surface area contributed by atoms with Gasteiger partial charge in [0.2, 0.25) is 0 Å². The Morgan fingerprint density at radius 2 is 2.08 bits per heavy atom. The van der Waals surface area contributed by atoms with Crippen molar-refractivity contribution in [1.29, 1.82) is 0 Å². The van der Waals surface area contributed by atoms with Crippen LogP contribution in [-0.2, 0) is 13.0 Å². The van der Waals surface area contributed by atoms with Gasteiger partial charge in [0.25, 0.3) is 0 Å². The molecule has 1 heteroatoms. The molecule has 13 heavy (non-hydrogen) atoms. The van der Waals surface area contributed by atoms with Crippen LogP contribution in [0.2, 0.25) is 0 Å². The molecule has 0 radical (unpaired) electrons. The number of allylic oxidation sites excluding steroid dienone is 1. The Balaban J connectivity index is 3.04. The van der Waals surface area contributed by atoms with Crippen LogP contribution < -0.4 is 0 Å². The minimum Gasteiger partial charge on any atom is -0.392 e. The number of rotatable bonds is 4. The van der Waals surface area contributed by atoms with Gasteiger partial charge in [0.05, 0.1) is 6.61 Å². The molecule has 1 N–H and O–H groups in total. The Hall–Kier alpha value is -1.34. The van der Waals surface area contributed by atoms with Gasteiger partial charge in [-0.3, -0.25) is 0 Å². The van der Waals surface area contributed by atoms with Crippen molar-refractivity contribution in [2.24, 2.45) is 0 Å². The van der Waals surface area contributed by atoms with E-state index in [9.17, 15) is 0 Å². The van der Waals surface area contributed by atoms with Gasteiger partial charge < -0.3 is 5.11 Å². The lowest BCUT2D eigenvalue weighted by molar-refractivity contribution is 0.281. The van der Waals surface area contributed by atoms with Crippen molar-refractivity contribution in [3.05, 3.63) is 54.1 Å². The molecule has 0 aliphatic heterocycles. The van der Waals surface area contributed by atoms with Gasteiger partial charge in [-0.2, -0.15) is 0 Å². The molecule has 68 valence electrons. The van der Waals surface area contributed by atoms with Gasteiger partial charge in [0, 0.05) is 0 Å².